The van der Waals surface area contributed by atoms with E-state index in [4.69, 9.17) is 4.74 Å². The van der Waals surface area contributed by atoms with Crippen molar-refractivity contribution < 1.29 is 9.53 Å². The SMILES string of the molecule is C=C(CC(=C)N1CCN(C(=O)OC(C)(C)C)CC1)C1CCC1. The lowest BCUT2D eigenvalue weighted by Gasteiger charge is -2.38. The summed E-state index contributed by atoms with van der Waals surface area (Å²) in [6.07, 6.45) is 4.61. The number of piperazine rings is 1. The van der Waals surface area contributed by atoms with E-state index in [0.29, 0.717) is 19.0 Å². The molecule has 1 aliphatic heterocycles. The minimum atomic E-state index is -0.432. The second-order valence-electron chi connectivity index (χ2n) is 7.48. The summed E-state index contributed by atoms with van der Waals surface area (Å²) in [5.74, 6) is 0.708. The van der Waals surface area contributed by atoms with Crippen LogP contribution in [-0.4, -0.2) is 47.7 Å². The predicted octanol–water partition coefficient (Wildman–Crippen LogP) is 3.80. The number of carbonyl (C=O) groups is 1. The van der Waals surface area contributed by atoms with E-state index in [1.54, 1.807) is 4.90 Å². The van der Waals surface area contributed by atoms with Crippen molar-refractivity contribution in [3.63, 3.8) is 0 Å². The number of carbonyl (C=O) groups excluding carboxylic acids is 1. The van der Waals surface area contributed by atoms with Gasteiger partial charge >= 0.3 is 6.09 Å². The minimum absolute atomic E-state index is 0.211. The van der Waals surface area contributed by atoms with Gasteiger partial charge in [-0.25, -0.2) is 4.79 Å². The molecule has 4 nitrogen and oxygen atoms in total. The zero-order valence-corrected chi connectivity index (χ0v) is 14.4. The molecule has 2 rings (SSSR count). The summed E-state index contributed by atoms with van der Waals surface area (Å²) < 4.78 is 5.42. The van der Waals surface area contributed by atoms with E-state index in [-0.39, 0.29) is 6.09 Å². The van der Waals surface area contributed by atoms with Crippen LogP contribution in [0.15, 0.2) is 24.4 Å². The molecule has 0 N–H and O–H groups in total. The lowest BCUT2D eigenvalue weighted by atomic mass is 9.79. The summed E-state index contributed by atoms with van der Waals surface area (Å²) in [6.45, 7) is 17.2. The van der Waals surface area contributed by atoms with Crippen molar-refractivity contribution >= 4 is 6.09 Å². The second kappa shape index (κ2) is 6.76. The molecule has 0 atom stereocenters. The molecule has 0 bridgehead atoms. The van der Waals surface area contributed by atoms with Crippen molar-refractivity contribution in [2.24, 2.45) is 5.92 Å². The Bertz CT molecular complexity index is 438. The molecule has 0 spiro atoms. The minimum Gasteiger partial charge on any atom is -0.444 e. The first-order chi connectivity index (χ1) is 10.3. The number of hydrogen-bond acceptors (Lipinski definition) is 3. The van der Waals surface area contributed by atoms with Gasteiger partial charge in [0.2, 0.25) is 0 Å². The summed E-state index contributed by atoms with van der Waals surface area (Å²) >= 11 is 0. The van der Waals surface area contributed by atoms with Gasteiger partial charge in [0.05, 0.1) is 0 Å². The Balaban J connectivity index is 1.75. The number of amides is 1. The number of allylic oxidation sites excluding steroid dienone is 1. The summed E-state index contributed by atoms with van der Waals surface area (Å²) in [5, 5.41) is 0. The first-order valence-corrected chi connectivity index (χ1v) is 8.34. The quantitative estimate of drug-likeness (QED) is 0.741. The third-order valence-electron chi connectivity index (χ3n) is 4.49. The van der Waals surface area contributed by atoms with Gasteiger partial charge in [0.1, 0.15) is 5.60 Å². The third kappa shape index (κ3) is 4.52. The highest BCUT2D eigenvalue weighted by Crippen LogP contribution is 2.35. The number of nitrogens with zero attached hydrogens (tertiary/aromatic N) is 2. The van der Waals surface area contributed by atoms with E-state index in [1.165, 1.54) is 24.8 Å². The Morgan fingerprint density at radius 1 is 1.09 bits per heavy atom. The van der Waals surface area contributed by atoms with E-state index in [0.717, 1.165) is 25.2 Å². The van der Waals surface area contributed by atoms with Crippen LogP contribution in [0.5, 0.6) is 0 Å². The molecular weight excluding hydrogens is 276 g/mol. The van der Waals surface area contributed by atoms with Gasteiger partial charge in [0, 0.05) is 38.3 Å². The molecule has 2 fully saturated rings. The fraction of sp³-hybridized carbons (Fsp3) is 0.722. The Labute approximate surface area is 134 Å². The van der Waals surface area contributed by atoms with E-state index in [1.807, 2.05) is 20.8 Å². The van der Waals surface area contributed by atoms with Gasteiger partial charge in [0.15, 0.2) is 0 Å². The van der Waals surface area contributed by atoms with Crippen molar-refractivity contribution in [3.8, 4) is 0 Å². The van der Waals surface area contributed by atoms with Gasteiger partial charge < -0.3 is 14.5 Å². The Kier molecular flexibility index (Phi) is 5.20. The van der Waals surface area contributed by atoms with Gasteiger partial charge in [-0.1, -0.05) is 25.2 Å². The first-order valence-electron chi connectivity index (χ1n) is 8.34. The van der Waals surface area contributed by atoms with E-state index in [9.17, 15) is 4.79 Å². The number of hydrogen-bond donors (Lipinski definition) is 0. The van der Waals surface area contributed by atoms with Gasteiger partial charge in [-0.05, 0) is 39.5 Å². The Morgan fingerprint density at radius 2 is 1.64 bits per heavy atom. The van der Waals surface area contributed by atoms with Crippen molar-refractivity contribution in [2.45, 2.75) is 52.1 Å². The zero-order valence-electron chi connectivity index (χ0n) is 14.4. The summed E-state index contributed by atoms with van der Waals surface area (Å²) in [4.78, 5) is 16.1. The maximum atomic E-state index is 12.1. The second-order valence-corrected chi connectivity index (χ2v) is 7.48. The zero-order chi connectivity index (χ0) is 16.3. The molecule has 0 aromatic heterocycles. The van der Waals surface area contributed by atoms with Gasteiger partial charge in [-0.2, -0.15) is 0 Å². The van der Waals surface area contributed by atoms with E-state index < -0.39 is 5.60 Å². The molecule has 1 amide bonds. The van der Waals surface area contributed by atoms with Crippen molar-refractivity contribution in [1.82, 2.24) is 9.80 Å². The van der Waals surface area contributed by atoms with E-state index in [2.05, 4.69) is 18.1 Å². The number of ether oxygens (including phenoxy) is 1. The molecule has 1 aliphatic carbocycles. The van der Waals surface area contributed by atoms with Crippen LogP contribution in [0.3, 0.4) is 0 Å². The Morgan fingerprint density at radius 3 is 2.09 bits per heavy atom. The maximum absolute atomic E-state index is 12.1. The van der Waals surface area contributed by atoms with Crippen LogP contribution in [0.25, 0.3) is 0 Å². The van der Waals surface area contributed by atoms with Gasteiger partial charge in [-0.3, -0.25) is 0 Å². The molecule has 22 heavy (non-hydrogen) atoms. The molecule has 1 saturated carbocycles. The standard InChI is InChI=1S/C18H30N2O2/c1-14(16-7-6-8-16)13-15(2)19-9-11-20(12-10-19)17(21)22-18(3,4)5/h16H,1-2,6-13H2,3-5H3. The summed E-state index contributed by atoms with van der Waals surface area (Å²) in [5.41, 5.74) is 2.03. The average Bonchev–Trinajstić information content (AvgIpc) is 2.34. The van der Waals surface area contributed by atoms with Crippen LogP contribution < -0.4 is 0 Å². The topological polar surface area (TPSA) is 32.8 Å². The fourth-order valence-electron chi connectivity index (χ4n) is 2.87. The smallest absolute Gasteiger partial charge is 0.410 e. The molecule has 4 heteroatoms. The summed E-state index contributed by atoms with van der Waals surface area (Å²) in [7, 11) is 0. The molecule has 0 unspecified atom stereocenters. The molecular formula is C18H30N2O2. The van der Waals surface area contributed by atoms with Crippen molar-refractivity contribution in [2.75, 3.05) is 26.2 Å². The maximum Gasteiger partial charge on any atom is 0.410 e. The van der Waals surface area contributed by atoms with Crippen molar-refractivity contribution in [1.29, 1.82) is 0 Å². The van der Waals surface area contributed by atoms with Crippen LogP contribution in [-0.2, 0) is 4.74 Å². The third-order valence-corrected chi connectivity index (χ3v) is 4.49. The molecule has 124 valence electrons. The highest BCUT2D eigenvalue weighted by Gasteiger charge is 2.27. The largest absolute Gasteiger partial charge is 0.444 e. The fourth-order valence-corrected chi connectivity index (χ4v) is 2.87. The molecule has 1 heterocycles. The molecule has 0 aromatic carbocycles. The molecule has 0 aromatic rings. The van der Waals surface area contributed by atoms with Gasteiger partial charge in [-0.15, -0.1) is 0 Å². The highest BCUT2D eigenvalue weighted by molar-refractivity contribution is 5.68. The average molecular weight is 306 g/mol. The lowest BCUT2D eigenvalue weighted by molar-refractivity contribution is 0.0167. The molecule has 1 saturated heterocycles. The monoisotopic (exact) mass is 306 g/mol. The van der Waals surface area contributed by atoms with Crippen LogP contribution >= 0.6 is 0 Å². The van der Waals surface area contributed by atoms with Crippen LogP contribution in [0.2, 0.25) is 0 Å². The van der Waals surface area contributed by atoms with E-state index >= 15 is 0 Å². The lowest BCUT2D eigenvalue weighted by Crippen LogP contribution is -2.49. The molecule has 0 radical (unpaired) electrons. The van der Waals surface area contributed by atoms with Gasteiger partial charge in [0.25, 0.3) is 0 Å². The first kappa shape index (κ1) is 16.9. The predicted molar refractivity (Wildman–Crippen MR) is 89.6 cm³/mol. The Hall–Kier alpha value is -1.45. The molecule has 2 aliphatic rings. The highest BCUT2D eigenvalue weighted by atomic mass is 16.6. The van der Waals surface area contributed by atoms with Crippen LogP contribution in [0.4, 0.5) is 4.79 Å². The normalized spacial score (nSPS) is 19.6. The number of rotatable bonds is 4. The summed E-state index contributed by atoms with van der Waals surface area (Å²) in [6, 6.07) is 0. The van der Waals surface area contributed by atoms with Crippen molar-refractivity contribution in [3.05, 3.63) is 24.4 Å². The van der Waals surface area contributed by atoms with Crippen LogP contribution in [0.1, 0.15) is 46.5 Å². The van der Waals surface area contributed by atoms with Crippen LogP contribution in [0, 0.1) is 5.92 Å².